The standard InChI is InChI=1S/C19H22F3N5O/c20-19(21,22)14-2-4-17(24-10-14)23-8-11-5-15(6-11)26-18(28)12-1-3-16-13(7-12)9-25-27-16/h2,4,9-12,15H,1,3,5-8H2,(H,23,24)(H,25,27)(H,26,28). The Morgan fingerprint density at radius 3 is 2.79 bits per heavy atom. The molecule has 2 aliphatic carbocycles. The van der Waals surface area contributed by atoms with Gasteiger partial charge in [0.2, 0.25) is 5.91 Å². The summed E-state index contributed by atoms with van der Waals surface area (Å²) in [5, 5.41) is 13.2. The van der Waals surface area contributed by atoms with Gasteiger partial charge in [-0.15, -0.1) is 0 Å². The monoisotopic (exact) mass is 393 g/mol. The van der Waals surface area contributed by atoms with Gasteiger partial charge >= 0.3 is 6.18 Å². The fourth-order valence-electron chi connectivity index (χ4n) is 3.89. The normalized spacial score (nSPS) is 24.2. The minimum Gasteiger partial charge on any atom is -0.370 e. The zero-order valence-corrected chi connectivity index (χ0v) is 15.2. The third-order valence-electron chi connectivity index (χ3n) is 5.63. The third kappa shape index (κ3) is 4.13. The van der Waals surface area contributed by atoms with Crippen molar-refractivity contribution in [3.63, 3.8) is 0 Å². The maximum absolute atomic E-state index is 12.5. The molecule has 2 aliphatic rings. The number of rotatable bonds is 5. The Labute approximate surface area is 160 Å². The van der Waals surface area contributed by atoms with Crippen molar-refractivity contribution < 1.29 is 18.0 Å². The number of H-pyrrole nitrogens is 1. The van der Waals surface area contributed by atoms with Crippen LogP contribution in [0.15, 0.2) is 24.5 Å². The summed E-state index contributed by atoms with van der Waals surface area (Å²) in [4.78, 5) is 16.3. The summed E-state index contributed by atoms with van der Waals surface area (Å²) in [7, 11) is 0. The van der Waals surface area contributed by atoms with Crippen LogP contribution in [0.5, 0.6) is 0 Å². The number of alkyl halides is 3. The van der Waals surface area contributed by atoms with Crippen LogP contribution >= 0.6 is 0 Å². The minimum absolute atomic E-state index is 0.00128. The molecule has 1 unspecified atom stereocenters. The van der Waals surface area contributed by atoms with Crippen LogP contribution in [-0.2, 0) is 23.8 Å². The van der Waals surface area contributed by atoms with E-state index in [2.05, 4.69) is 25.8 Å². The molecule has 2 heterocycles. The largest absolute Gasteiger partial charge is 0.417 e. The number of amides is 1. The molecule has 2 aromatic rings. The van der Waals surface area contributed by atoms with Gasteiger partial charge in [0.1, 0.15) is 5.82 Å². The van der Waals surface area contributed by atoms with Crippen LogP contribution in [0.3, 0.4) is 0 Å². The molecule has 4 rings (SSSR count). The van der Waals surface area contributed by atoms with Gasteiger partial charge in [-0.3, -0.25) is 9.89 Å². The van der Waals surface area contributed by atoms with Gasteiger partial charge in [-0.05, 0) is 55.7 Å². The zero-order valence-electron chi connectivity index (χ0n) is 15.2. The number of nitrogens with one attached hydrogen (secondary N) is 3. The molecule has 28 heavy (non-hydrogen) atoms. The van der Waals surface area contributed by atoms with Gasteiger partial charge in [0, 0.05) is 30.4 Å². The van der Waals surface area contributed by atoms with Crippen molar-refractivity contribution in [1.29, 1.82) is 0 Å². The lowest BCUT2D eigenvalue weighted by Gasteiger charge is -2.37. The molecule has 3 N–H and O–H groups in total. The van der Waals surface area contributed by atoms with Crippen LogP contribution in [0.4, 0.5) is 19.0 Å². The van der Waals surface area contributed by atoms with Gasteiger partial charge in [0.15, 0.2) is 0 Å². The Kier molecular flexibility index (Phi) is 4.99. The number of fused-ring (bicyclic) bond motifs is 1. The highest BCUT2D eigenvalue weighted by Gasteiger charge is 2.33. The van der Waals surface area contributed by atoms with Gasteiger partial charge in [0.05, 0.1) is 11.8 Å². The van der Waals surface area contributed by atoms with Crippen molar-refractivity contribution in [1.82, 2.24) is 20.5 Å². The van der Waals surface area contributed by atoms with Crippen LogP contribution in [0, 0.1) is 11.8 Å². The van der Waals surface area contributed by atoms with E-state index in [0.717, 1.165) is 55.6 Å². The molecule has 0 spiro atoms. The molecule has 0 aliphatic heterocycles. The van der Waals surface area contributed by atoms with E-state index in [1.165, 1.54) is 6.07 Å². The highest BCUT2D eigenvalue weighted by Crippen LogP contribution is 2.31. The SMILES string of the molecule is O=C(NC1CC(CNc2ccc(C(F)(F)F)cn2)C1)C1CCc2[nH]ncc2C1. The minimum atomic E-state index is -4.37. The predicted molar refractivity (Wildman–Crippen MR) is 96.5 cm³/mol. The number of aryl methyl sites for hydroxylation is 1. The summed E-state index contributed by atoms with van der Waals surface area (Å²) in [6, 6.07) is 2.54. The Morgan fingerprint density at radius 1 is 1.25 bits per heavy atom. The first-order chi connectivity index (χ1) is 13.4. The summed E-state index contributed by atoms with van der Waals surface area (Å²) in [6.07, 6.45) is 2.41. The average Bonchev–Trinajstić information content (AvgIpc) is 3.10. The average molecular weight is 393 g/mol. The fraction of sp³-hybridized carbons (Fsp3) is 0.526. The first kappa shape index (κ1) is 18.8. The number of pyridine rings is 1. The molecule has 2 aromatic heterocycles. The Hall–Kier alpha value is -2.58. The van der Waals surface area contributed by atoms with Crippen LogP contribution < -0.4 is 10.6 Å². The number of aromatic nitrogens is 3. The topological polar surface area (TPSA) is 82.7 Å². The molecule has 1 atom stereocenters. The zero-order chi connectivity index (χ0) is 19.7. The number of aromatic amines is 1. The molecular formula is C19H22F3N5O. The summed E-state index contributed by atoms with van der Waals surface area (Å²) < 4.78 is 37.6. The van der Waals surface area contributed by atoms with Crippen molar-refractivity contribution in [2.75, 3.05) is 11.9 Å². The van der Waals surface area contributed by atoms with E-state index in [9.17, 15) is 18.0 Å². The number of carbonyl (C=O) groups is 1. The van der Waals surface area contributed by atoms with Crippen molar-refractivity contribution in [2.45, 2.75) is 44.3 Å². The van der Waals surface area contributed by atoms with E-state index in [0.29, 0.717) is 18.3 Å². The lowest BCUT2D eigenvalue weighted by Crippen LogP contribution is -2.48. The number of hydrogen-bond donors (Lipinski definition) is 3. The second kappa shape index (κ2) is 7.44. The van der Waals surface area contributed by atoms with Crippen LogP contribution in [0.1, 0.15) is 36.1 Å². The summed E-state index contributed by atoms with van der Waals surface area (Å²) in [6.45, 7) is 0.631. The molecule has 0 saturated heterocycles. The van der Waals surface area contributed by atoms with Crippen LogP contribution in [0.25, 0.3) is 0 Å². The van der Waals surface area contributed by atoms with Gasteiger partial charge in [-0.1, -0.05) is 0 Å². The molecule has 1 saturated carbocycles. The maximum atomic E-state index is 12.5. The molecule has 6 nitrogen and oxygen atoms in total. The maximum Gasteiger partial charge on any atom is 0.417 e. The van der Waals surface area contributed by atoms with Crippen LogP contribution in [0.2, 0.25) is 0 Å². The van der Waals surface area contributed by atoms with Gasteiger partial charge < -0.3 is 10.6 Å². The molecule has 1 fully saturated rings. The highest BCUT2D eigenvalue weighted by molar-refractivity contribution is 5.79. The van der Waals surface area contributed by atoms with Gasteiger partial charge in [-0.25, -0.2) is 4.98 Å². The number of halogens is 3. The molecule has 1 amide bonds. The van der Waals surface area contributed by atoms with Crippen molar-refractivity contribution in [3.05, 3.63) is 41.3 Å². The molecule has 9 heteroatoms. The van der Waals surface area contributed by atoms with E-state index < -0.39 is 11.7 Å². The van der Waals surface area contributed by atoms with Gasteiger partial charge in [-0.2, -0.15) is 18.3 Å². The lowest BCUT2D eigenvalue weighted by atomic mass is 9.79. The fourth-order valence-corrected chi connectivity index (χ4v) is 3.89. The summed E-state index contributed by atoms with van der Waals surface area (Å²) in [5.41, 5.74) is 1.51. The Balaban J connectivity index is 1.18. The second-order valence-corrected chi connectivity index (χ2v) is 7.67. The van der Waals surface area contributed by atoms with E-state index in [1.807, 2.05) is 0 Å². The van der Waals surface area contributed by atoms with Gasteiger partial charge in [0.25, 0.3) is 0 Å². The van der Waals surface area contributed by atoms with Crippen molar-refractivity contribution >= 4 is 11.7 Å². The van der Waals surface area contributed by atoms with Crippen molar-refractivity contribution in [3.8, 4) is 0 Å². The first-order valence-corrected chi connectivity index (χ1v) is 9.47. The van der Waals surface area contributed by atoms with Crippen molar-refractivity contribution in [2.24, 2.45) is 11.8 Å². The molecule has 0 radical (unpaired) electrons. The van der Waals surface area contributed by atoms with E-state index in [-0.39, 0.29) is 17.9 Å². The highest BCUT2D eigenvalue weighted by atomic mass is 19.4. The van der Waals surface area contributed by atoms with Crippen LogP contribution in [-0.4, -0.2) is 33.7 Å². The second-order valence-electron chi connectivity index (χ2n) is 7.67. The molecule has 0 bridgehead atoms. The smallest absolute Gasteiger partial charge is 0.370 e. The first-order valence-electron chi connectivity index (χ1n) is 9.47. The number of hydrogen-bond acceptors (Lipinski definition) is 4. The molecule has 0 aromatic carbocycles. The molecule has 150 valence electrons. The Morgan fingerprint density at radius 2 is 2.07 bits per heavy atom. The number of carbonyl (C=O) groups excluding carboxylic acids is 1. The van der Waals surface area contributed by atoms with E-state index >= 15 is 0 Å². The summed E-state index contributed by atoms with van der Waals surface area (Å²) in [5.74, 6) is 0.908. The number of anilines is 1. The van der Waals surface area contributed by atoms with E-state index in [1.54, 1.807) is 6.20 Å². The lowest BCUT2D eigenvalue weighted by molar-refractivity contribution is -0.137. The van der Waals surface area contributed by atoms with E-state index in [4.69, 9.17) is 0 Å². The summed E-state index contributed by atoms with van der Waals surface area (Å²) >= 11 is 0. The predicted octanol–water partition coefficient (Wildman–Crippen LogP) is 2.94. The Bertz CT molecular complexity index is 827. The quantitative estimate of drug-likeness (QED) is 0.730. The number of nitrogens with zero attached hydrogens (tertiary/aromatic N) is 2. The third-order valence-corrected chi connectivity index (χ3v) is 5.63. The molecular weight excluding hydrogens is 371 g/mol.